The van der Waals surface area contributed by atoms with E-state index in [1.807, 2.05) is 44.2 Å². The summed E-state index contributed by atoms with van der Waals surface area (Å²) < 4.78 is 17.1. The second kappa shape index (κ2) is 9.57. The van der Waals surface area contributed by atoms with E-state index < -0.39 is 6.10 Å². The maximum Gasteiger partial charge on any atom is 0.123 e. The molecule has 0 spiro atoms. The first-order valence-corrected chi connectivity index (χ1v) is 10.2. The molecule has 0 saturated carbocycles. The fraction of sp³-hybridized carbons (Fsp3) is 0.522. The van der Waals surface area contributed by atoms with Gasteiger partial charge in [-0.05, 0) is 63.1 Å². The minimum atomic E-state index is -0.576. The Labute approximate surface area is 173 Å². The Balaban J connectivity index is 1.67. The molecule has 6 heteroatoms. The molecule has 0 amide bonds. The Bertz CT molecular complexity index is 796. The molecule has 3 atom stereocenters. The van der Waals surface area contributed by atoms with E-state index in [0.29, 0.717) is 12.3 Å². The smallest absolute Gasteiger partial charge is 0.123 e. The van der Waals surface area contributed by atoms with Gasteiger partial charge in [0.25, 0.3) is 0 Å². The van der Waals surface area contributed by atoms with Crippen molar-refractivity contribution in [2.75, 3.05) is 33.4 Å². The Morgan fingerprint density at radius 1 is 1.03 bits per heavy atom. The van der Waals surface area contributed by atoms with Crippen LogP contribution in [0, 0.1) is 13.8 Å². The standard InChI is InChI=1S/C23H32N2O4/c1-15-6-19(7-16(2)24-15)20-8-22(27-5)10-23(9-20)28-14-21(26)13-25-11-17(3)29-18(4)12-25/h6-10,17-18,21,26H,11-14H2,1-5H3/t17-,18+,21?. The minimum Gasteiger partial charge on any atom is -0.497 e. The molecule has 1 N–H and O–H groups in total. The van der Waals surface area contributed by atoms with Crippen molar-refractivity contribution in [1.82, 2.24) is 9.88 Å². The molecule has 2 aromatic rings. The third-order valence-electron chi connectivity index (χ3n) is 4.94. The molecular formula is C23H32N2O4. The second-order valence-corrected chi connectivity index (χ2v) is 7.98. The quantitative estimate of drug-likeness (QED) is 0.770. The van der Waals surface area contributed by atoms with Crippen LogP contribution in [0.4, 0.5) is 0 Å². The molecule has 0 bridgehead atoms. The monoisotopic (exact) mass is 400 g/mol. The summed E-state index contributed by atoms with van der Waals surface area (Å²) in [4.78, 5) is 6.67. The van der Waals surface area contributed by atoms with Crippen molar-refractivity contribution in [3.8, 4) is 22.6 Å². The van der Waals surface area contributed by atoms with Crippen LogP contribution in [0.25, 0.3) is 11.1 Å². The first-order valence-electron chi connectivity index (χ1n) is 10.2. The van der Waals surface area contributed by atoms with Gasteiger partial charge in [-0.15, -0.1) is 0 Å². The van der Waals surface area contributed by atoms with Gasteiger partial charge < -0.3 is 19.3 Å². The largest absolute Gasteiger partial charge is 0.497 e. The normalized spacial score (nSPS) is 21.0. The maximum absolute atomic E-state index is 10.5. The van der Waals surface area contributed by atoms with Gasteiger partial charge in [0.15, 0.2) is 0 Å². The highest BCUT2D eigenvalue weighted by Gasteiger charge is 2.24. The summed E-state index contributed by atoms with van der Waals surface area (Å²) in [6, 6.07) is 9.88. The van der Waals surface area contributed by atoms with Gasteiger partial charge in [0.2, 0.25) is 0 Å². The number of hydrogen-bond acceptors (Lipinski definition) is 6. The first kappa shape index (κ1) is 21.6. The zero-order valence-electron chi connectivity index (χ0n) is 18.0. The first-order chi connectivity index (χ1) is 13.8. The van der Waals surface area contributed by atoms with Crippen molar-refractivity contribution >= 4 is 0 Å². The highest BCUT2D eigenvalue weighted by molar-refractivity contribution is 5.68. The number of ether oxygens (including phenoxy) is 3. The van der Waals surface area contributed by atoms with Crippen LogP contribution >= 0.6 is 0 Å². The molecule has 158 valence electrons. The lowest BCUT2D eigenvalue weighted by atomic mass is 10.0. The lowest BCUT2D eigenvalue weighted by Crippen LogP contribution is -2.48. The Kier molecular flexibility index (Phi) is 7.11. The lowest BCUT2D eigenvalue weighted by molar-refractivity contribution is -0.0786. The van der Waals surface area contributed by atoms with Gasteiger partial charge in [0.05, 0.1) is 19.3 Å². The Hall–Kier alpha value is -2.15. The molecule has 1 aromatic carbocycles. The zero-order valence-corrected chi connectivity index (χ0v) is 18.0. The topological polar surface area (TPSA) is 64.0 Å². The van der Waals surface area contributed by atoms with E-state index >= 15 is 0 Å². The summed E-state index contributed by atoms with van der Waals surface area (Å²) in [5, 5.41) is 10.5. The molecule has 2 heterocycles. The van der Waals surface area contributed by atoms with Crippen LogP contribution in [0.15, 0.2) is 30.3 Å². The van der Waals surface area contributed by atoms with E-state index in [1.54, 1.807) is 7.11 Å². The van der Waals surface area contributed by atoms with Gasteiger partial charge in [-0.1, -0.05) is 0 Å². The Morgan fingerprint density at radius 3 is 2.24 bits per heavy atom. The average Bonchev–Trinajstić information content (AvgIpc) is 2.64. The summed E-state index contributed by atoms with van der Waals surface area (Å²) in [7, 11) is 1.64. The molecule has 1 saturated heterocycles. The van der Waals surface area contributed by atoms with E-state index in [-0.39, 0.29) is 18.8 Å². The number of β-amino-alcohol motifs (C(OH)–C–C–N with tert-alkyl or cyclic N) is 1. The van der Waals surface area contributed by atoms with E-state index in [2.05, 4.69) is 23.7 Å². The molecule has 3 rings (SSSR count). The minimum absolute atomic E-state index is 0.181. The van der Waals surface area contributed by atoms with Gasteiger partial charge in [-0.25, -0.2) is 0 Å². The fourth-order valence-electron chi connectivity index (χ4n) is 3.92. The van der Waals surface area contributed by atoms with E-state index in [4.69, 9.17) is 14.2 Å². The fourth-order valence-corrected chi connectivity index (χ4v) is 3.92. The number of hydrogen-bond donors (Lipinski definition) is 1. The van der Waals surface area contributed by atoms with Gasteiger partial charge in [-0.3, -0.25) is 9.88 Å². The van der Waals surface area contributed by atoms with Crippen molar-refractivity contribution in [3.05, 3.63) is 41.7 Å². The van der Waals surface area contributed by atoms with Crippen molar-refractivity contribution in [2.24, 2.45) is 0 Å². The van der Waals surface area contributed by atoms with Crippen molar-refractivity contribution in [1.29, 1.82) is 0 Å². The molecule has 0 aliphatic carbocycles. The predicted molar refractivity (Wildman–Crippen MR) is 114 cm³/mol. The lowest BCUT2D eigenvalue weighted by Gasteiger charge is -2.36. The van der Waals surface area contributed by atoms with Crippen LogP contribution in [-0.2, 0) is 4.74 Å². The SMILES string of the molecule is COc1cc(OCC(O)CN2C[C@@H](C)O[C@@H](C)C2)cc(-c2cc(C)nc(C)c2)c1. The molecule has 1 fully saturated rings. The summed E-state index contributed by atoms with van der Waals surface area (Å²) in [6.07, 6.45) is -0.215. The molecule has 6 nitrogen and oxygen atoms in total. The number of aromatic nitrogens is 1. The van der Waals surface area contributed by atoms with Gasteiger partial charge >= 0.3 is 0 Å². The van der Waals surface area contributed by atoms with Crippen molar-refractivity contribution < 1.29 is 19.3 Å². The summed E-state index contributed by atoms with van der Waals surface area (Å²) >= 11 is 0. The van der Waals surface area contributed by atoms with E-state index in [9.17, 15) is 5.11 Å². The number of aliphatic hydroxyl groups excluding tert-OH is 1. The van der Waals surface area contributed by atoms with Crippen LogP contribution in [0.1, 0.15) is 25.2 Å². The number of aliphatic hydroxyl groups is 1. The number of rotatable bonds is 7. The van der Waals surface area contributed by atoms with E-state index in [0.717, 1.165) is 41.4 Å². The third-order valence-corrected chi connectivity index (χ3v) is 4.94. The zero-order chi connectivity index (χ0) is 21.0. The summed E-state index contributed by atoms with van der Waals surface area (Å²) in [6.45, 7) is 10.5. The van der Waals surface area contributed by atoms with Gasteiger partial charge in [-0.2, -0.15) is 0 Å². The van der Waals surface area contributed by atoms with Crippen LogP contribution in [0.3, 0.4) is 0 Å². The van der Waals surface area contributed by atoms with E-state index in [1.165, 1.54) is 0 Å². The Morgan fingerprint density at radius 2 is 1.62 bits per heavy atom. The van der Waals surface area contributed by atoms with Gasteiger partial charge in [0, 0.05) is 37.1 Å². The number of nitrogens with zero attached hydrogens (tertiary/aromatic N) is 2. The van der Waals surface area contributed by atoms with Crippen molar-refractivity contribution in [2.45, 2.75) is 46.0 Å². The van der Waals surface area contributed by atoms with Gasteiger partial charge in [0.1, 0.15) is 24.2 Å². The van der Waals surface area contributed by atoms with Crippen LogP contribution < -0.4 is 9.47 Å². The number of aryl methyl sites for hydroxylation is 2. The molecular weight excluding hydrogens is 368 g/mol. The van der Waals surface area contributed by atoms with Crippen molar-refractivity contribution in [3.63, 3.8) is 0 Å². The number of methoxy groups -OCH3 is 1. The van der Waals surface area contributed by atoms with Crippen LogP contribution in [-0.4, -0.2) is 66.7 Å². The summed E-state index contributed by atoms with van der Waals surface area (Å²) in [5.74, 6) is 1.39. The highest BCUT2D eigenvalue weighted by atomic mass is 16.5. The number of benzene rings is 1. The number of pyridine rings is 1. The third kappa shape index (κ3) is 6.16. The predicted octanol–water partition coefficient (Wildman–Crippen LogP) is 3.22. The second-order valence-electron chi connectivity index (χ2n) is 7.98. The maximum atomic E-state index is 10.5. The highest BCUT2D eigenvalue weighted by Crippen LogP contribution is 2.30. The summed E-state index contributed by atoms with van der Waals surface area (Å²) in [5.41, 5.74) is 4.00. The van der Waals surface area contributed by atoms with Crippen LogP contribution in [0.2, 0.25) is 0 Å². The number of morpholine rings is 1. The molecule has 1 aliphatic rings. The molecule has 1 aromatic heterocycles. The molecule has 0 radical (unpaired) electrons. The molecule has 1 aliphatic heterocycles. The molecule has 29 heavy (non-hydrogen) atoms. The average molecular weight is 401 g/mol. The van der Waals surface area contributed by atoms with Crippen LogP contribution in [0.5, 0.6) is 11.5 Å². The molecule has 1 unspecified atom stereocenters.